The fourth-order valence-electron chi connectivity index (χ4n) is 4.51. The molecule has 0 aromatic heterocycles. The van der Waals surface area contributed by atoms with E-state index in [1.165, 1.54) is 96.3 Å². The molecule has 1 saturated heterocycles. The highest BCUT2D eigenvalue weighted by molar-refractivity contribution is 4.88. The van der Waals surface area contributed by atoms with Crippen LogP contribution in [-0.4, -0.2) is 46.3 Å². The van der Waals surface area contributed by atoms with Crippen LogP contribution in [0.2, 0.25) is 0 Å². The first-order valence-corrected chi connectivity index (χ1v) is 12.7. The van der Waals surface area contributed by atoms with Gasteiger partial charge in [-0.1, -0.05) is 117 Å². The molecule has 4 nitrogen and oxygen atoms in total. The van der Waals surface area contributed by atoms with E-state index in [-0.39, 0.29) is 18.6 Å². The molecule has 1 aliphatic rings. The van der Waals surface area contributed by atoms with Crippen LogP contribution in [0, 0.1) is 5.92 Å². The number of aliphatic hydroxyl groups is 3. The predicted molar refractivity (Wildman–Crippen MR) is 121 cm³/mol. The van der Waals surface area contributed by atoms with Crippen LogP contribution in [0.3, 0.4) is 0 Å². The van der Waals surface area contributed by atoms with Gasteiger partial charge in [-0.15, -0.1) is 0 Å². The summed E-state index contributed by atoms with van der Waals surface area (Å²) in [5.41, 5.74) is 0. The smallest absolute Gasteiger partial charge is 0.111 e. The Hall–Kier alpha value is -0.160. The van der Waals surface area contributed by atoms with Gasteiger partial charge in [0.2, 0.25) is 0 Å². The summed E-state index contributed by atoms with van der Waals surface area (Å²) in [5.74, 6) is 0.207. The Morgan fingerprint density at radius 1 is 0.655 bits per heavy atom. The molecular weight excluding hydrogens is 364 g/mol. The maximum Gasteiger partial charge on any atom is 0.111 e. The molecule has 1 rings (SSSR count). The van der Waals surface area contributed by atoms with Crippen LogP contribution in [-0.2, 0) is 4.74 Å². The summed E-state index contributed by atoms with van der Waals surface area (Å²) in [5, 5.41) is 29.4. The second-order valence-electron chi connectivity index (χ2n) is 9.42. The van der Waals surface area contributed by atoms with Crippen LogP contribution in [0.5, 0.6) is 0 Å². The lowest BCUT2D eigenvalue weighted by Crippen LogP contribution is -2.54. The van der Waals surface area contributed by atoms with Crippen LogP contribution in [0.25, 0.3) is 0 Å². The standard InChI is InChI=1S/C25H50O4/c1-3-4-5-6-7-8-9-10-11-12-13-14-15-16-17-18-19-21(2)25-24(28)23(27)22(26)20-29-25/h21-28H,3-20H2,1-2H3/t21?,22-,23+,24-,25?/m1/s1. The molecule has 0 spiro atoms. The van der Waals surface area contributed by atoms with Crippen molar-refractivity contribution in [2.75, 3.05) is 6.61 Å². The van der Waals surface area contributed by atoms with E-state index in [1.807, 2.05) is 0 Å². The zero-order valence-electron chi connectivity index (χ0n) is 19.4. The molecule has 3 N–H and O–H groups in total. The van der Waals surface area contributed by atoms with Gasteiger partial charge in [-0.05, 0) is 12.3 Å². The lowest BCUT2D eigenvalue weighted by molar-refractivity contribution is -0.199. The molecule has 174 valence electrons. The SMILES string of the molecule is CCCCCCCCCCCCCCCCCCC(C)C1OC[C@@H](O)[C@H](O)[C@H]1O. The minimum Gasteiger partial charge on any atom is -0.388 e. The van der Waals surface area contributed by atoms with Crippen molar-refractivity contribution in [2.24, 2.45) is 5.92 Å². The molecule has 0 aromatic carbocycles. The van der Waals surface area contributed by atoms with E-state index in [0.29, 0.717) is 0 Å². The van der Waals surface area contributed by atoms with E-state index in [2.05, 4.69) is 13.8 Å². The van der Waals surface area contributed by atoms with Gasteiger partial charge in [-0.25, -0.2) is 0 Å². The average Bonchev–Trinajstić information content (AvgIpc) is 2.71. The van der Waals surface area contributed by atoms with Crippen molar-refractivity contribution in [1.82, 2.24) is 0 Å². The number of hydrogen-bond donors (Lipinski definition) is 3. The van der Waals surface area contributed by atoms with E-state index in [9.17, 15) is 15.3 Å². The van der Waals surface area contributed by atoms with E-state index in [0.717, 1.165) is 12.8 Å². The van der Waals surface area contributed by atoms with Gasteiger partial charge in [0, 0.05) is 0 Å². The maximum atomic E-state index is 10.1. The Kier molecular flexibility index (Phi) is 16.2. The van der Waals surface area contributed by atoms with E-state index < -0.39 is 18.3 Å². The number of aliphatic hydroxyl groups excluding tert-OH is 3. The summed E-state index contributed by atoms with van der Waals surface area (Å²) < 4.78 is 5.55. The van der Waals surface area contributed by atoms with Crippen molar-refractivity contribution in [3.8, 4) is 0 Å². The fraction of sp³-hybridized carbons (Fsp3) is 1.00. The molecule has 5 atom stereocenters. The van der Waals surface area contributed by atoms with Gasteiger partial charge < -0.3 is 20.1 Å². The van der Waals surface area contributed by atoms with Gasteiger partial charge in [-0.2, -0.15) is 0 Å². The van der Waals surface area contributed by atoms with E-state index in [4.69, 9.17) is 4.74 Å². The third kappa shape index (κ3) is 12.3. The number of unbranched alkanes of at least 4 members (excludes halogenated alkanes) is 15. The second kappa shape index (κ2) is 17.5. The summed E-state index contributed by atoms with van der Waals surface area (Å²) in [6, 6.07) is 0. The Balaban J connectivity index is 1.84. The molecule has 0 aliphatic carbocycles. The number of rotatable bonds is 18. The van der Waals surface area contributed by atoms with Crippen molar-refractivity contribution in [2.45, 2.75) is 147 Å². The molecular formula is C25H50O4. The first-order chi connectivity index (χ1) is 14.1. The van der Waals surface area contributed by atoms with Gasteiger partial charge in [-0.3, -0.25) is 0 Å². The molecule has 0 saturated carbocycles. The molecule has 29 heavy (non-hydrogen) atoms. The highest BCUT2D eigenvalue weighted by atomic mass is 16.5. The lowest BCUT2D eigenvalue weighted by Gasteiger charge is -2.38. The molecule has 0 amide bonds. The predicted octanol–water partition coefficient (Wildman–Crippen LogP) is 5.76. The molecule has 2 unspecified atom stereocenters. The molecule has 0 aromatic rings. The molecule has 4 heteroatoms. The summed E-state index contributed by atoms with van der Waals surface area (Å²) >= 11 is 0. The number of ether oxygens (including phenoxy) is 1. The van der Waals surface area contributed by atoms with E-state index >= 15 is 0 Å². The highest BCUT2D eigenvalue weighted by Crippen LogP contribution is 2.25. The zero-order valence-corrected chi connectivity index (χ0v) is 19.4. The van der Waals surface area contributed by atoms with Gasteiger partial charge >= 0.3 is 0 Å². The summed E-state index contributed by atoms with van der Waals surface area (Å²) in [6.07, 6.45) is 19.5. The Morgan fingerprint density at radius 3 is 1.52 bits per heavy atom. The summed E-state index contributed by atoms with van der Waals surface area (Å²) in [4.78, 5) is 0. The third-order valence-corrected chi connectivity index (χ3v) is 6.61. The van der Waals surface area contributed by atoms with Crippen molar-refractivity contribution < 1.29 is 20.1 Å². The monoisotopic (exact) mass is 414 g/mol. The minimum atomic E-state index is -1.08. The van der Waals surface area contributed by atoms with Gasteiger partial charge in [0.1, 0.15) is 18.3 Å². The number of hydrogen-bond acceptors (Lipinski definition) is 4. The van der Waals surface area contributed by atoms with Crippen molar-refractivity contribution >= 4 is 0 Å². The third-order valence-electron chi connectivity index (χ3n) is 6.61. The largest absolute Gasteiger partial charge is 0.388 e. The van der Waals surface area contributed by atoms with Crippen LogP contribution in [0.1, 0.15) is 123 Å². The summed E-state index contributed by atoms with van der Waals surface area (Å²) in [6.45, 7) is 4.47. The molecule has 1 heterocycles. The average molecular weight is 415 g/mol. The maximum absolute atomic E-state index is 10.1. The Morgan fingerprint density at radius 2 is 1.07 bits per heavy atom. The highest BCUT2D eigenvalue weighted by Gasteiger charge is 2.39. The van der Waals surface area contributed by atoms with Crippen LogP contribution < -0.4 is 0 Å². The molecule has 0 bridgehead atoms. The lowest BCUT2D eigenvalue weighted by atomic mass is 9.88. The summed E-state index contributed by atoms with van der Waals surface area (Å²) in [7, 11) is 0. The van der Waals surface area contributed by atoms with Gasteiger partial charge in [0.25, 0.3) is 0 Å². The van der Waals surface area contributed by atoms with Gasteiger partial charge in [0.15, 0.2) is 0 Å². The van der Waals surface area contributed by atoms with Crippen molar-refractivity contribution in [1.29, 1.82) is 0 Å². The first kappa shape index (κ1) is 26.9. The molecule has 1 aliphatic heterocycles. The topological polar surface area (TPSA) is 69.9 Å². The second-order valence-corrected chi connectivity index (χ2v) is 9.42. The van der Waals surface area contributed by atoms with Crippen molar-refractivity contribution in [3.05, 3.63) is 0 Å². The fourth-order valence-corrected chi connectivity index (χ4v) is 4.51. The quantitative estimate of drug-likeness (QED) is 0.250. The van der Waals surface area contributed by atoms with Crippen molar-refractivity contribution in [3.63, 3.8) is 0 Å². The molecule has 1 fully saturated rings. The van der Waals surface area contributed by atoms with Crippen LogP contribution >= 0.6 is 0 Å². The minimum absolute atomic E-state index is 0.117. The normalized spacial score (nSPS) is 26.0. The van der Waals surface area contributed by atoms with Gasteiger partial charge in [0.05, 0.1) is 12.7 Å². The van der Waals surface area contributed by atoms with Crippen LogP contribution in [0.15, 0.2) is 0 Å². The van der Waals surface area contributed by atoms with Crippen LogP contribution in [0.4, 0.5) is 0 Å². The Labute approximate surface area is 180 Å². The zero-order chi connectivity index (χ0) is 21.3. The van der Waals surface area contributed by atoms with E-state index in [1.54, 1.807) is 0 Å². The Bertz CT molecular complexity index is 363. The molecule has 0 radical (unpaired) electrons. The first-order valence-electron chi connectivity index (χ1n) is 12.7.